The van der Waals surface area contributed by atoms with Crippen LogP contribution in [-0.2, 0) is 0 Å². The Labute approximate surface area is 161 Å². The van der Waals surface area contributed by atoms with Gasteiger partial charge >= 0.3 is 6.03 Å². The summed E-state index contributed by atoms with van der Waals surface area (Å²) >= 11 is 0. The molecule has 1 aromatic heterocycles. The Balaban J connectivity index is 1.28. The molecule has 2 aliphatic rings. The quantitative estimate of drug-likeness (QED) is 0.870. The van der Waals surface area contributed by atoms with Gasteiger partial charge in [-0.1, -0.05) is 19.1 Å². The highest BCUT2D eigenvalue weighted by Gasteiger charge is 2.27. The van der Waals surface area contributed by atoms with Crippen molar-refractivity contribution in [3.8, 4) is 0 Å². The van der Waals surface area contributed by atoms with Gasteiger partial charge in [-0.05, 0) is 56.8 Å². The zero-order valence-electron chi connectivity index (χ0n) is 16.5. The average molecular weight is 370 g/mol. The van der Waals surface area contributed by atoms with Gasteiger partial charge in [-0.15, -0.1) is 0 Å². The van der Waals surface area contributed by atoms with Gasteiger partial charge in [0.05, 0.1) is 11.0 Å². The highest BCUT2D eigenvalue weighted by atomic mass is 16.2. The fourth-order valence-corrected chi connectivity index (χ4v) is 4.45. The van der Waals surface area contributed by atoms with E-state index in [1.807, 2.05) is 4.90 Å². The Hall–Kier alpha value is -2.08. The highest BCUT2D eigenvalue weighted by Crippen LogP contribution is 2.28. The van der Waals surface area contributed by atoms with Crippen molar-refractivity contribution in [3.63, 3.8) is 0 Å². The van der Waals surface area contributed by atoms with E-state index in [9.17, 15) is 4.79 Å². The molecular formula is C21H31N5O. The lowest BCUT2D eigenvalue weighted by atomic mass is 9.96. The fraction of sp³-hybridized carbons (Fsp3) is 0.619. The van der Waals surface area contributed by atoms with Crippen LogP contribution in [0.1, 0.15) is 43.5 Å². The first-order valence-corrected chi connectivity index (χ1v) is 10.3. The van der Waals surface area contributed by atoms with Crippen molar-refractivity contribution in [2.24, 2.45) is 5.92 Å². The summed E-state index contributed by atoms with van der Waals surface area (Å²) in [7, 11) is 0. The van der Waals surface area contributed by atoms with Gasteiger partial charge in [-0.25, -0.2) is 9.78 Å². The SMILES string of the molecule is CCN1CC[C@H](CNC(=O)N2CCC(c3nc4c(C)cccc4[nH]3)CC2)C1. The molecule has 0 spiro atoms. The van der Waals surface area contributed by atoms with E-state index in [1.165, 1.54) is 18.5 Å². The standard InChI is InChI=1S/C21H31N5O/c1-3-25-10-7-16(14-25)13-22-21(27)26-11-8-17(9-12-26)20-23-18-6-4-5-15(2)19(18)24-20/h4-6,16-17H,3,7-14H2,1-2H3,(H,22,27)(H,23,24)/t16-/m1/s1. The third kappa shape index (κ3) is 3.95. The second-order valence-corrected chi connectivity index (χ2v) is 8.09. The van der Waals surface area contributed by atoms with Gasteiger partial charge in [0.25, 0.3) is 0 Å². The molecule has 6 nitrogen and oxygen atoms in total. The average Bonchev–Trinajstić information content (AvgIpc) is 3.34. The molecule has 0 saturated carbocycles. The van der Waals surface area contributed by atoms with Gasteiger partial charge < -0.3 is 20.1 Å². The summed E-state index contributed by atoms with van der Waals surface area (Å²) in [5, 5.41) is 3.16. The number of fused-ring (bicyclic) bond motifs is 1. The summed E-state index contributed by atoms with van der Waals surface area (Å²) in [4.78, 5) is 25.3. The predicted octanol–water partition coefficient (Wildman–Crippen LogP) is 3.10. The van der Waals surface area contributed by atoms with Crippen molar-refractivity contribution in [1.82, 2.24) is 25.1 Å². The number of imidazole rings is 1. The summed E-state index contributed by atoms with van der Waals surface area (Å²) in [5.41, 5.74) is 3.40. The Morgan fingerprint density at radius 2 is 2.07 bits per heavy atom. The van der Waals surface area contributed by atoms with Crippen LogP contribution in [0.25, 0.3) is 11.0 Å². The third-order valence-corrected chi connectivity index (χ3v) is 6.26. The number of carbonyl (C=O) groups is 1. The topological polar surface area (TPSA) is 64.3 Å². The molecule has 2 saturated heterocycles. The highest BCUT2D eigenvalue weighted by molar-refractivity contribution is 5.78. The number of nitrogens with one attached hydrogen (secondary N) is 2. The lowest BCUT2D eigenvalue weighted by molar-refractivity contribution is 0.179. The van der Waals surface area contributed by atoms with Gasteiger partial charge in [0, 0.05) is 32.1 Å². The van der Waals surface area contributed by atoms with Gasteiger partial charge in [0.1, 0.15) is 5.82 Å². The minimum absolute atomic E-state index is 0.101. The largest absolute Gasteiger partial charge is 0.342 e. The summed E-state index contributed by atoms with van der Waals surface area (Å²) in [6.45, 7) is 10.1. The van der Waals surface area contributed by atoms with Crippen LogP contribution in [-0.4, -0.2) is 65.1 Å². The lowest BCUT2D eigenvalue weighted by Gasteiger charge is -2.31. The smallest absolute Gasteiger partial charge is 0.317 e. The van der Waals surface area contributed by atoms with Crippen molar-refractivity contribution >= 4 is 17.1 Å². The first-order chi connectivity index (χ1) is 13.1. The molecule has 6 heteroatoms. The van der Waals surface area contributed by atoms with Crippen molar-refractivity contribution in [1.29, 1.82) is 0 Å². The Bertz CT molecular complexity index is 793. The number of rotatable bonds is 4. The number of piperidine rings is 1. The zero-order chi connectivity index (χ0) is 18.8. The Morgan fingerprint density at radius 1 is 1.26 bits per heavy atom. The number of para-hydroxylation sites is 1. The normalized spacial score (nSPS) is 21.9. The molecule has 146 valence electrons. The molecule has 2 fully saturated rings. The molecule has 4 rings (SSSR count). The minimum Gasteiger partial charge on any atom is -0.342 e. The minimum atomic E-state index is 0.101. The number of amides is 2. The van der Waals surface area contributed by atoms with E-state index >= 15 is 0 Å². The van der Waals surface area contributed by atoms with Gasteiger partial charge in [-0.2, -0.15) is 0 Å². The molecule has 0 radical (unpaired) electrons. The molecule has 2 aliphatic heterocycles. The van der Waals surface area contributed by atoms with Crippen LogP contribution in [0, 0.1) is 12.8 Å². The van der Waals surface area contributed by atoms with E-state index in [4.69, 9.17) is 4.98 Å². The van der Waals surface area contributed by atoms with Crippen LogP contribution in [0.15, 0.2) is 18.2 Å². The molecule has 2 N–H and O–H groups in total. The van der Waals surface area contributed by atoms with Crippen molar-refractivity contribution in [3.05, 3.63) is 29.6 Å². The first-order valence-electron chi connectivity index (χ1n) is 10.3. The molecule has 2 aromatic rings. The number of hydrogen-bond donors (Lipinski definition) is 2. The molecular weight excluding hydrogens is 338 g/mol. The first kappa shape index (κ1) is 18.3. The van der Waals surface area contributed by atoms with Crippen LogP contribution in [0.4, 0.5) is 4.79 Å². The number of carbonyl (C=O) groups excluding carboxylic acids is 1. The van der Waals surface area contributed by atoms with Gasteiger partial charge in [0.15, 0.2) is 0 Å². The number of urea groups is 1. The summed E-state index contributed by atoms with van der Waals surface area (Å²) in [6.07, 6.45) is 3.14. The van der Waals surface area contributed by atoms with E-state index in [0.717, 1.165) is 62.4 Å². The van der Waals surface area contributed by atoms with Crippen LogP contribution in [0.5, 0.6) is 0 Å². The number of benzene rings is 1. The maximum atomic E-state index is 12.5. The fourth-order valence-electron chi connectivity index (χ4n) is 4.45. The number of likely N-dealkylation sites (tertiary alicyclic amines) is 2. The Kier molecular flexibility index (Phi) is 5.34. The number of aromatic nitrogens is 2. The van der Waals surface area contributed by atoms with E-state index in [-0.39, 0.29) is 6.03 Å². The van der Waals surface area contributed by atoms with Crippen molar-refractivity contribution < 1.29 is 4.79 Å². The van der Waals surface area contributed by atoms with Crippen molar-refractivity contribution in [2.75, 3.05) is 39.3 Å². The molecule has 1 aromatic carbocycles. The Morgan fingerprint density at radius 3 is 2.78 bits per heavy atom. The maximum absolute atomic E-state index is 12.5. The molecule has 27 heavy (non-hydrogen) atoms. The summed E-state index contributed by atoms with van der Waals surface area (Å²) in [6, 6.07) is 6.36. The van der Waals surface area contributed by atoms with E-state index < -0.39 is 0 Å². The van der Waals surface area contributed by atoms with Gasteiger partial charge in [-0.3, -0.25) is 0 Å². The molecule has 0 unspecified atom stereocenters. The number of nitrogens with zero attached hydrogens (tertiary/aromatic N) is 3. The van der Waals surface area contributed by atoms with E-state index in [0.29, 0.717) is 11.8 Å². The molecule has 0 bridgehead atoms. The van der Waals surface area contributed by atoms with Gasteiger partial charge in [0.2, 0.25) is 0 Å². The van der Waals surface area contributed by atoms with Crippen molar-refractivity contribution in [2.45, 2.75) is 39.0 Å². The number of hydrogen-bond acceptors (Lipinski definition) is 3. The monoisotopic (exact) mass is 369 g/mol. The molecule has 3 heterocycles. The maximum Gasteiger partial charge on any atom is 0.317 e. The van der Waals surface area contributed by atoms with E-state index in [1.54, 1.807) is 0 Å². The summed E-state index contributed by atoms with van der Waals surface area (Å²) < 4.78 is 0. The van der Waals surface area contributed by atoms with Crippen LogP contribution < -0.4 is 5.32 Å². The van der Waals surface area contributed by atoms with Crippen LogP contribution >= 0.6 is 0 Å². The second kappa shape index (κ2) is 7.89. The predicted molar refractivity (Wildman–Crippen MR) is 108 cm³/mol. The number of aryl methyl sites for hydroxylation is 1. The van der Waals surface area contributed by atoms with Crippen LogP contribution in [0.3, 0.4) is 0 Å². The third-order valence-electron chi connectivity index (χ3n) is 6.26. The second-order valence-electron chi connectivity index (χ2n) is 8.09. The lowest BCUT2D eigenvalue weighted by Crippen LogP contribution is -2.45. The summed E-state index contributed by atoms with van der Waals surface area (Å²) in [5.74, 6) is 2.09. The zero-order valence-corrected chi connectivity index (χ0v) is 16.5. The van der Waals surface area contributed by atoms with E-state index in [2.05, 4.69) is 47.2 Å². The number of aromatic amines is 1. The molecule has 0 aliphatic carbocycles. The number of H-pyrrole nitrogens is 1. The van der Waals surface area contributed by atoms with Crippen LogP contribution in [0.2, 0.25) is 0 Å². The molecule has 2 amide bonds. The molecule has 1 atom stereocenters.